The number of unbranched alkanes of at least 4 members (excludes halogenated alkanes) is 1. The van der Waals surface area contributed by atoms with E-state index in [2.05, 4.69) is 59.1 Å². The van der Waals surface area contributed by atoms with Crippen molar-refractivity contribution in [2.75, 3.05) is 25.4 Å². The molecule has 0 spiro atoms. The summed E-state index contributed by atoms with van der Waals surface area (Å²) in [4.78, 5) is 11.5. The number of hydrogen-bond donors (Lipinski definition) is 1. The van der Waals surface area contributed by atoms with Crippen molar-refractivity contribution in [3.8, 4) is 6.01 Å². The van der Waals surface area contributed by atoms with Gasteiger partial charge in [-0.25, -0.2) is 0 Å². The molecule has 0 radical (unpaired) electrons. The zero-order valence-electron chi connectivity index (χ0n) is 17.7. The van der Waals surface area contributed by atoms with E-state index in [-0.39, 0.29) is 0 Å². The molecule has 0 amide bonds. The first-order chi connectivity index (χ1) is 14.1. The van der Waals surface area contributed by atoms with Crippen LogP contribution >= 0.6 is 0 Å². The summed E-state index contributed by atoms with van der Waals surface area (Å²) in [6, 6.07) is 9.43. The number of ether oxygens (including phenoxy) is 1. The van der Waals surface area contributed by atoms with Crippen molar-refractivity contribution < 1.29 is 4.74 Å². The molecule has 1 saturated heterocycles. The molecule has 29 heavy (non-hydrogen) atoms. The van der Waals surface area contributed by atoms with Crippen LogP contribution in [-0.4, -0.2) is 34.6 Å². The first-order valence-corrected chi connectivity index (χ1v) is 10.9. The van der Waals surface area contributed by atoms with Crippen LogP contribution in [0.25, 0.3) is 5.57 Å². The topological polar surface area (TPSA) is 64.3 Å². The van der Waals surface area contributed by atoms with Crippen LogP contribution in [0, 0.1) is 5.92 Å². The van der Waals surface area contributed by atoms with Crippen molar-refractivity contribution in [1.29, 1.82) is 0 Å². The molecule has 1 atom stereocenters. The summed E-state index contributed by atoms with van der Waals surface area (Å²) in [5, 5.41) is 0. The van der Waals surface area contributed by atoms with Gasteiger partial charge in [0.1, 0.15) is 5.82 Å². The molecule has 0 saturated carbocycles. The third-order valence-corrected chi connectivity index (χ3v) is 5.94. The minimum absolute atomic E-state index is 0.401. The first-order valence-electron chi connectivity index (χ1n) is 10.9. The molecule has 2 N–H and O–H groups in total. The molecule has 2 heterocycles. The second-order valence-electron chi connectivity index (χ2n) is 8.48. The smallest absolute Gasteiger partial charge is 0.318 e. The normalized spacial score (nSPS) is 18.7. The average molecular weight is 393 g/mol. The van der Waals surface area contributed by atoms with Gasteiger partial charge in [-0.1, -0.05) is 50.6 Å². The summed E-state index contributed by atoms with van der Waals surface area (Å²) in [5.74, 6) is 1.37. The van der Waals surface area contributed by atoms with Crippen molar-refractivity contribution >= 4 is 11.4 Å². The summed E-state index contributed by atoms with van der Waals surface area (Å²) in [6.45, 7) is 8.60. The maximum absolute atomic E-state index is 6.17. The molecule has 0 bridgehead atoms. The Balaban J connectivity index is 1.42. The van der Waals surface area contributed by atoms with E-state index in [1.165, 1.54) is 36.2 Å². The lowest BCUT2D eigenvalue weighted by Crippen LogP contribution is -2.19. The van der Waals surface area contributed by atoms with E-state index < -0.39 is 0 Å². The second-order valence-corrected chi connectivity index (χ2v) is 8.48. The lowest BCUT2D eigenvalue weighted by Gasteiger charge is -2.15. The Bertz CT molecular complexity index is 875. The largest absolute Gasteiger partial charge is 0.463 e. The van der Waals surface area contributed by atoms with Gasteiger partial charge >= 0.3 is 6.01 Å². The van der Waals surface area contributed by atoms with Crippen molar-refractivity contribution in [2.45, 2.75) is 52.5 Å². The van der Waals surface area contributed by atoms with Gasteiger partial charge in [0.2, 0.25) is 0 Å². The SMILES string of the molecule is CCCCOc1nc(N)c2c(n1)C(Cc1ccc(CN3CCC(C)C3)cc1)=CC2. The number of aromatic nitrogens is 2. The van der Waals surface area contributed by atoms with Gasteiger partial charge in [0, 0.05) is 18.7 Å². The molecule has 4 rings (SSSR count). The van der Waals surface area contributed by atoms with E-state index >= 15 is 0 Å². The number of benzene rings is 1. The molecule has 1 aromatic heterocycles. The number of hydrogen-bond acceptors (Lipinski definition) is 5. The van der Waals surface area contributed by atoms with E-state index in [0.717, 1.165) is 49.4 Å². The highest BCUT2D eigenvalue weighted by Crippen LogP contribution is 2.32. The highest BCUT2D eigenvalue weighted by Gasteiger charge is 2.22. The molecule has 1 aromatic carbocycles. The summed E-state index contributed by atoms with van der Waals surface area (Å²) in [5.41, 5.74) is 12.1. The monoisotopic (exact) mass is 392 g/mol. The Hall–Kier alpha value is -2.40. The molecular formula is C24H32N4O. The number of likely N-dealkylation sites (tertiary alicyclic amines) is 1. The minimum Gasteiger partial charge on any atom is -0.463 e. The average Bonchev–Trinajstić information content (AvgIpc) is 3.30. The molecule has 1 unspecified atom stereocenters. The van der Waals surface area contributed by atoms with Crippen LogP contribution in [-0.2, 0) is 19.4 Å². The number of anilines is 1. The molecule has 1 aliphatic carbocycles. The van der Waals surface area contributed by atoms with Gasteiger partial charge in [0.05, 0.1) is 12.3 Å². The van der Waals surface area contributed by atoms with Crippen molar-refractivity contribution in [3.05, 3.63) is 52.7 Å². The van der Waals surface area contributed by atoms with Crippen LogP contribution in [0.4, 0.5) is 5.82 Å². The third kappa shape index (κ3) is 4.78. The zero-order valence-corrected chi connectivity index (χ0v) is 17.7. The number of nitrogens with zero attached hydrogens (tertiary/aromatic N) is 3. The van der Waals surface area contributed by atoms with Gasteiger partial charge in [-0.3, -0.25) is 4.90 Å². The van der Waals surface area contributed by atoms with Crippen molar-refractivity contribution in [2.24, 2.45) is 5.92 Å². The summed E-state index contributed by atoms with van der Waals surface area (Å²) in [7, 11) is 0. The van der Waals surface area contributed by atoms with Crippen LogP contribution in [0.1, 0.15) is 55.5 Å². The van der Waals surface area contributed by atoms with Gasteiger partial charge in [0.15, 0.2) is 0 Å². The Morgan fingerprint density at radius 1 is 1.17 bits per heavy atom. The number of fused-ring (bicyclic) bond motifs is 1. The first kappa shape index (κ1) is 19.9. The Labute approximate surface area is 174 Å². The maximum Gasteiger partial charge on any atom is 0.318 e. The predicted octanol–water partition coefficient (Wildman–Crippen LogP) is 4.26. The maximum atomic E-state index is 6.17. The van der Waals surface area contributed by atoms with Gasteiger partial charge in [-0.05, 0) is 54.8 Å². The standard InChI is InChI=1S/C24H32N4O/c1-3-4-13-29-24-26-22-20(9-10-21(22)23(25)27-24)14-18-5-7-19(8-6-18)16-28-12-11-17(2)15-28/h5-9,17H,3-4,10-16H2,1-2H3,(H2,25,26,27). The fourth-order valence-corrected chi connectivity index (χ4v) is 4.21. The summed E-state index contributed by atoms with van der Waals surface area (Å²) >= 11 is 0. The lowest BCUT2D eigenvalue weighted by atomic mass is 10.0. The quantitative estimate of drug-likeness (QED) is 0.680. The fourth-order valence-electron chi connectivity index (χ4n) is 4.21. The van der Waals surface area contributed by atoms with Gasteiger partial charge in [0.25, 0.3) is 0 Å². The number of allylic oxidation sites excluding steroid dienone is 2. The van der Waals surface area contributed by atoms with Crippen molar-refractivity contribution in [3.63, 3.8) is 0 Å². The van der Waals surface area contributed by atoms with Crippen LogP contribution in [0.5, 0.6) is 6.01 Å². The number of nitrogens with two attached hydrogens (primary N) is 1. The molecule has 1 aliphatic heterocycles. The van der Waals surface area contributed by atoms with E-state index in [9.17, 15) is 0 Å². The molecule has 2 aliphatic rings. The Morgan fingerprint density at radius 2 is 1.97 bits per heavy atom. The number of rotatable bonds is 8. The molecule has 5 nitrogen and oxygen atoms in total. The Morgan fingerprint density at radius 3 is 2.69 bits per heavy atom. The van der Waals surface area contributed by atoms with Crippen LogP contribution in [0.15, 0.2) is 30.3 Å². The van der Waals surface area contributed by atoms with Crippen LogP contribution in [0.2, 0.25) is 0 Å². The highest BCUT2D eigenvalue weighted by molar-refractivity contribution is 5.75. The van der Waals surface area contributed by atoms with Gasteiger partial charge in [-0.15, -0.1) is 0 Å². The van der Waals surface area contributed by atoms with Gasteiger partial charge < -0.3 is 10.5 Å². The Kier molecular flexibility index (Phi) is 6.14. The fraction of sp³-hybridized carbons (Fsp3) is 0.500. The van der Waals surface area contributed by atoms with E-state index in [4.69, 9.17) is 10.5 Å². The third-order valence-electron chi connectivity index (χ3n) is 5.94. The van der Waals surface area contributed by atoms with E-state index in [1.54, 1.807) is 0 Å². The highest BCUT2D eigenvalue weighted by atomic mass is 16.5. The van der Waals surface area contributed by atoms with E-state index in [1.807, 2.05) is 0 Å². The van der Waals surface area contributed by atoms with Gasteiger partial charge in [-0.2, -0.15) is 9.97 Å². The van der Waals surface area contributed by atoms with Crippen molar-refractivity contribution in [1.82, 2.24) is 14.9 Å². The molecule has 154 valence electrons. The predicted molar refractivity (Wildman–Crippen MR) is 118 cm³/mol. The van der Waals surface area contributed by atoms with Crippen LogP contribution < -0.4 is 10.5 Å². The molecule has 2 aromatic rings. The minimum atomic E-state index is 0.401. The molecular weight excluding hydrogens is 360 g/mol. The molecule has 1 fully saturated rings. The summed E-state index contributed by atoms with van der Waals surface area (Å²) < 4.78 is 5.70. The van der Waals surface area contributed by atoms with Crippen LogP contribution in [0.3, 0.4) is 0 Å². The molecule has 5 heteroatoms. The van der Waals surface area contributed by atoms with E-state index in [0.29, 0.717) is 18.4 Å². The summed E-state index contributed by atoms with van der Waals surface area (Å²) in [6.07, 6.45) is 7.28. The lowest BCUT2D eigenvalue weighted by molar-refractivity contribution is 0.285. The number of nitrogen functional groups attached to an aromatic ring is 1. The second kappa shape index (κ2) is 8.95. The zero-order chi connectivity index (χ0) is 20.2.